The first kappa shape index (κ1) is 8.79. The van der Waals surface area contributed by atoms with Crippen LogP contribution in [0.25, 0.3) is 0 Å². The highest BCUT2D eigenvalue weighted by atomic mass is 15.3. The van der Waals surface area contributed by atoms with Gasteiger partial charge in [0.05, 0.1) is 5.69 Å². The Bertz CT molecular complexity index is 276. The van der Waals surface area contributed by atoms with Crippen LogP contribution in [0.2, 0.25) is 0 Å². The second-order valence-electron chi connectivity index (χ2n) is 4.37. The molecule has 0 bridgehead atoms. The van der Waals surface area contributed by atoms with Crippen LogP contribution in [0.1, 0.15) is 32.0 Å². The van der Waals surface area contributed by atoms with Crippen molar-refractivity contribution in [2.24, 2.45) is 11.8 Å². The van der Waals surface area contributed by atoms with E-state index in [4.69, 9.17) is 0 Å². The molecule has 0 spiro atoms. The van der Waals surface area contributed by atoms with E-state index in [1.807, 2.05) is 0 Å². The van der Waals surface area contributed by atoms with E-state index in [2.05, 4.69) is 36.7 Å². The first-order chi connectivity index (χ1) is 6.20. The number of hydrogen-bond acceptors (Lipinski definition) is 1. The number of aromatic nitrogens is 2. The van der Waals surface area contributed by atoms with Crippen molar-refractivity contribution in [3.8, 4) is 0 Å². The molecule has 1 atom stereocenters. The monoisotopic (exact) mass is 178 g/mol. The third kappa shape index (κ3) is 1.50. The quantitative estimate of drug-likeness (QED) is 0.679. The van der Waals surface area contributed by atoms with E-state index in [0.29, 0.717) is 0 Å². The predicted octanol–water partition coefficient (Wildman–Crippen LogP) is 2.27. The van der Waals surface area contributed by atoms with E-state index in [1.165, 1.54) is 24.1 Å². The lowest BCUT2D eigenvalue weighted by atomic mass is 9.93. The Morgan fingerprint density at radius 3 is 2.85 bits per heavy atom. The third-order valence-corrected chi connectivity index (χ3v) is 3.13. The van der Waals surface area contributed by atoms with Gasteiger partial charge in [0.2, 0.25) is 0 Å². The molecule has 1 aliphatic rings. The van der Waals surface area contributed by atoms with Crippen LogP contribution in [0, 0.1) is 11.8 Å². The third-order valence-electron chi connectivity index (χ3n) is 3.13. The summed E-state index contributed by atoms with van der Waals surface area (Å²) in [5, 5.41) is 4.56. The Morgan fingerprint density at radius 2 is 2.31 bits per heavy atom. The van der Waals surface area contributed by atoms with Crippen LogP contribution in [-0.4, -0.2) is 9.78 Å². The molecule has 1 aromatic rings. The Labute approximate surface area is 80.0 Å². The molecule has 0 saturated carbocycles. The first-order valence-electron chi connectivity index (χ1n) is 5.26. The van der Waals surface area contributed by atoms with Gasteiger partial charge in [-0.1, -0.05) is 13.8 Å². The van der Waals surface area contributed by atoms with Crippen LogP contribution in [0.4, 0.5) is 0 Å². The van der Waals surface area contributed by atoms with Crippen molar-refractivity contribution in [1.82, 2.24) is 9.78 Å². The average Bonchev–Trinajstić information content (AvgIpc) is 2.58. The molecule has 2 rings (SSSR count). The highest BCUT2D eigenvalue weighted by molar-refractivity contribution is 5.24. The molecule has 0 N–H and O–H groups in total. The number of nitrogens with zero attached hydrogens (tertiary/aromatic N) is 2. The van der Waals surface area contributed by atoms with Crippen molar-refractivity contribution in [3.63, 3.8) is 0 Å². The fourth-order valence-electron chi connectivity index (χ4n) is 2.08. The number of hydrogen-bond donors (Lipinski definition) is 0. The van der Waals surface area contributed by atoms with Crippen molar-refractivity contribution in [2.45, 2.75) is 40.2 Å². The summed E-state index contributed by atoms with van der Waals surface area (Å²) in [4.78, 5) is 0. The first-order valence-corrected chi connectivity index (χ1v) is 5.26. The molecule has 2 heteroatoms. The van der Waals surface area contributed by atoms with Crippen LogP contribution in [0.5, 0.6) is 0 Å². The fourth-order valence-corrected chi connectivity index (χ4v) is 2.08. The van der Waals surface area contributed by atoms with Crippen LogP contribution in [0.15, 0.2) is 6.20 Å². The van der Waals surface area contributed by atoms with Gasteiger partial charge in [-0.25, -0.2) is 0 Å². The zero-order valence-electron chi connectivity index (χ0n) is 8.75. The van der Waals surface area contributed by atoms with Gasteiger partial charge >= 0.3 is 0 Å². The van der Waals surface area contributed by atoms with Crippen LogP contribution in [-0.2, 0) is 19.4 Å². The van der Waals surface area contributed by atoms with Gasteiger partial charge in [-0.3, -0.25) is 4.68 Å². The zero-order valence-corrected chi connectivity index (χ0v) is 8.75. The van der Waals surface area contributed by atoms with Gasteiger partial charge < -0.3 is 0 Å². The minimum atomic E-state index is 0.796. The molecular weight excluding hydrogens is 160 g/mol. The average molecular weight is 178 g/mol. The lowest BCUT2D eigenvalue weighted by Gasteiger charge is -2.12. The Morgan fingerprint density at radius 1 is 1.54 bits per heavy atom. The SMILES string of the molecule is CCn1cc2c(n1)C[C@@H](C(C)C)C2. The molecule has 0 aliphatic heterocycles. The number of fused-ring (bicyclic) bond motifs is 1. The number of aryl methyl sites for hydroxylation is 1. The molecule has 1 aliphatic carbocycles. The largest absolute Gasteiger partial charge is 0.272 e. The lowest BCUT2D eigenvalue weighted by Crippen LogP contribution is -2.09. The lowest BCUT2D eigenvalue weighted by molar-refractivity contribution is 0.397. The minimum Gasteiger partial charge on any atom is -0.272 e. The van der Waals surface area contributed by atoms with E-state index in [9.17, 15) is 0 Å². The fraction of sp³-hybridized carbons (Fsp3) is 0.727. The van der Waals surface area contributed by atoms with Gasteiger partial charge in [0.1, 0.15) is 0 Å². The molecule has 0 unspecified atom stereocenters. The van der Waals surface area contributed by atoms with Crippen molar-refractivity contribution in [2.75, 3.05) is 0 Å². The summed E-state index contributed by atoms with van der Waals surface area (Å²) >= 11 is 0. The zero-order chi connectivity index (χ0) is 9.42. The second kappa shape index (κ2) is 3.17. The summed E-state index contributed by atoms with van der Waals surface area (Å²) in [6, 6.07) is 0. The van der Waals surface area contributed by atoms with Crippen LogP contribution < -0.4 is 0 Å². The predicted molar refractivity (Wildman–Crippen MR) is 53.6 cm³/mol. The molecule has 0 aromatic carbocycles. The summed E-state index contributed by atoms with van der Waals surface area (Å²) in [6.07, 6.45) is 4.66. The van der Waals surface area contributed by atoms with E-state index < -0.39 is 0 Å². The van der Waals surface area contributed by atoms with Gasteiger partial charge in [-0.05, 0) is 37.2 Å². The van der Waals surface area contributed by atoms with Crippen molar-refractivity contribution < 1.29 is 0 Å². The van der Waals surface area contributed by atoms with Crippen molar-refractivity contribution in [1.29, 1.82) is 0 Å². The molecule has 0 saturated heterocycles. The van der Waals surface area contributed by atoms with Gasteiger partial charge in [0.25, 0.3) is 0 Å². The normalized spacial score (nSPS) is 21.1. The Kier molecular flexibility index (Phi) is 2.14. The summed E-state index contributed by atoms with van der Waals surface area (Å²) in [6.45, 7) is 7.76. The maximum Gasteiger partial charge on any atom is 0.0659 e. The molecule has 0 amide bonds. The van der Waals surface area contributed by atoms with Crippen LogP contribution in [0.3, 0.4) is 0 Å². The minimum absolute atomic E-state index is 0.796. The maximum atomic E-state index is 4.56. The molecule has 0 radical (unpaired) electrons. The summed E-state index contributed by atoms with van der Waals surface area (Å²) in [5.74, 6) is 1.63. The molecular formula is C11H18N2. The van der Waals surface area contributed by atoms with Gasteiger partial charge in [0.15, 0.2) is 0 Å². The Hall–Kier alpha value is -0.790. The van der Waals surface area contributed by atoms with E-state index in [0.717, 1.165) is 18.4 Å². The smallest absolute Gasteiger partial charge is 0.0659 e. The summed E-state index contributed by atoms with van der Waals surface area (Å²) in [7, 11) is 0. The number of rotatable bonds is 2. The van der Waals surface area contributed by atoms with E-state index in [-0.39, 0.29) is 0 Å². The highest BCUT2D eigenvalue weighted by Gasteiger charge is 2.26. The maximum absolute atomic E-state index is 4.56. The molecule has 13 heavy (non-hydrogen) atoms. The molecule has 72 valence electrons. The van der Waals surface area contributed by atoms with Gasteiger partial charge in [-0.2, -0.15) is 5.10 Å². The van der Waals surface area contributed by atoms with Crippen LogP contribution >= 0.6 is 0 Å². The molecule has 1 aromatic heterocycles. The van der Waals surface area contributed by atoms with E-state index in [1.54, 1.807) is 0 Å². The Balaban J connectivity index is 2.15. The molecule has 2 nitrogen and oxygen atoms in total. The molecule has 1 heterocycles. The summed E-state index contributed by atoms with van der Waals surface area (Å²) < 4.78 is 2.06. The van der Waals surface area contributed by atoms with E-state index >= 15 is 0 Å². The standard InChI is InChI=1S/C11H18N2/c1-4-13-7-10-5-9(8(2)3)6-11(10)12-13/h7-9H,4-6H2,1-3H3/t9-/m0/s1. The topological polar surface area (TPSA) is 17.8 Å². The summed E-state index contributed by atoms with van der Waals surface area (Å²) in [5.41, 5.74) is 2.83. The second-order valence-corrected chi connectivity index (χ2v) is 4.37. The van der Waals surface area contributed by atoms with Gasteiger partial charge in [-0.15, -0.1) is 0 Å². The van der Waals surface area contributed by atoms with Crippen molar-refractivity contribution >= 4 is 0 Å². The van der Waals surface area contributed by atoms with Crippen molar-refractivity contribution in [3.05, 3.63) is 17.5 Å². The van der Waals surface area contributed by atoms with Gasteiger partial charge in [0, 0.05) is 12.7 Å². The molecule has 0 fully saturated rings. The highest BCUT2D eigenvalue weighted by Crippen LogP contribution is 2.30.